The van der Waals surface area contributed by atoms with E-state index in [4.69, 9.17) is 9.05 Å². The lowest BCUT2D eigenvalue weighted by atomic mass is 10.1. The number of phosphoric ester groups is 1. The Morgan fingerprint density at radius 3 is 1.71 bits per heavy atom. The van der Waals surface area contributed by atoms with Gasteiger partial charge < -0.3 is 19.8 Å². The predicted octanol–water partition coefficient (Wildman–Crippen LogP) is 10.4. The number of quaternary nitrogens is 1. The van der Waals surface area contributed by atoms with Crippen LogP contribution in [0, 0.1) is 0 Å². The monoisotopic (exact) mass is 714 g/mol. The molecular weight excluding hydrogens is 635 g/mol. The number of aliphatic hydroxyl groups is 1. The molecule has 49 heavy (non-hydrogen) atoms. The zero-order chi connectivity index (χ0) is 36.5. The highest BCUT2D eigenvalue weighted by atomic mass is 31.2. The van der Waals surface area contributed by atoms with Gasteiger partial charge in [-0.05, 0) is 51.4 Å². The van der Waals surface area contributed by atoms with E-state index in [0.717, 1.165) is 64.2 Å². The van der Waals surface area contributed by atoms with Gasteiger partial charge >= 0.3 is 7.82 Å². The average Bonchev–Trinajstić information content (AvgIpc) is 3.04. The lowest BCUT2D eigenvalue weighted by molar-refractivity contribution is -0.870. The molecule has 0 aliphatic rings. The van der Waals surface area contributed by atoms with Crippen molar-refractivity contribution in [1.82, 2.24) is 5.32 Å². The van der Waals surface area contributed by atoms with E-state index in [0.29, 0.717) is 17.4 Å². The summed E-state index contributed by atoms with van der Waals surface area (Å²) in [6.45, 7) is 4.74. The Bertz CT molecular complexity index is 902. The zero-order valence-corrected chi connectivity index (χ0v) is 33.3. The molecule has 0 bridgehead atoms. The summed E-state index contributed by atoms with van der Waals surface area (Å²) in [6.07, 6.45) is 37.7. The number of nitrogens with zero attached hydrogens (tertiary/aromatic N) is 1. The van der Waals surface area contributed by atoms with Gasteiger partial charge in [-0.25, -0.2) is 4.57 Å². The molecule has 0 spiro atoms. The molecule has 1 unspecified atom stereocenters. The van der Waals surface area contributed by atoms with E-state index < -0.39 is 20.0 Å². The molecule has 8 nitrogen and oxygen atoms in total. The van der Waals surface area contributed by atoms with Crippen LogP contribution in [0.2, 0.25) is 0 Å². The Morgan fingerprint density at radius 2 is 1.16 bits per heavy atom. The van der Waals surface area contributed by atoms with Crippen LogP contribution in [0.25, 0.3) is 0 Å². The SMILES string of the molecule is CCCCC/C=C/C/C=C/CCCCCCCC(=O)N[C@@H](COP(=O)(O)OCC[N+](C)(C)C)[C@H](O)/C=C/CCCCCCCCCCCC. The number of carbonyl (C=O) groups excluding carboxylic acids is 1. The van der Waals surface area contributed by atoms with E-state index >= 15 is 0 Å². The van der Waals surface area contributed by atoms with Gasteiger partial charge in [0, 0.05) is 6.42 Å². The maximum atomic E-state index is 12.8. The van der Waals surface area contributed by atoms with Crippen molar-refractivity contribution in [3.8, 4) is 0 Å². The van der Waals surface area contributed by atoms with Crippen molar-refractivity contribution in [3.63, 3.8) is 0 Å². The van der Waals surface area contributed by atoms with Crippen molar-refractivity contribution < 1.29 is 32.9 Å². The van der Waals surface area contributed by atoms with Crippen LogP contribution in [0.15, 0.2) is 36.5 Å². The van der Waals surface area contributed by atoms with Crippen LogP contribution in [0.5, 0.6) is 0 Å². The van der Waals surface area contributed by atoms with Crippen molar-refractivity contribution in [1.29, 1.82) is 0 Å². The standard InChI is InChI=1S/C40H77N2O6P/c1-6-8-10-12-14-16-18-20-21-22-24-26-28-30-32-34-40(44)41-38(37-48-49(45,46)47-36-35-42(3,4)5)39(43)33-31-29-27-25-23-19-17-15-13-11-9-7-2/h14,16,20-21,31,33,38-39,43H,6-13,15,17-19,22-30,32,34-37H2,1-5H3,(H-,41,44,45,46)/p+1/b16-14+,21-20+,33-31+/t38-,39+/m0/s1. The summed E-state index contributed by atoms with van der Waals surface area (Å²) in [6, 6.07) is -0.850. The number of unbranched alkanes of at least 4 members (excludes halogenated alkanes) is 18. The molecule has 0 aromatic heterocycles. The normalized spacial score (nSPS) is 15.0. The van der Waals surface area contributed by atoms with Crippen LogP contribution in [0.1, 0.15) is 162 Å². The number of carbonyl (C=O) groups is 1. The summed E-state index contributed by atoms with van der Waals surface area (Å²) >= 11 is 0. The second-order valence-electron chi connectivity index (χ2n) is 14.7. The lowest BCUT2D eigenvalue weighted by Gasteiger charge is -2.25. The highest BCUT2D eigenvalue weighted by molar-refractivity contribution is 7.47. The summed E-state index contributed by atoms with van der Waals surface area (Å²) in [5, 5.41) is 13.7. The maximum absolute atomic E-state index is 12.8. The van der Waals surface area contributed by atoms with E-state index in [9.17, 15) is 19.4 Å². The van der Waals surface area contributed by atoms with Crippen molar-refractivity contribution in [2.45, 2.75) is 174 Å². The molecule has 0 aliphatic carbocycles. The van der Waals surface area contributed by atoms with Crippen LogP contribution in [0.4, 0.5) is 0 Å². The smallest absolute Gasteiger partial charge is 0.387 e. The largest absolute Gasteiger partial charge is 0.472 e. The molecule has 1 amide bonds. The van der Waals surface area contributed by atoms with Crippen molar-refractivity contribution in [2.24, 2.45) is 0 Å². The molecule has 0 rings (SSSR count). The summed E-state index contributed by atoms with van der Waals surface area (Å²) in [4.78, 5) is 23.0. The van der Waals surface area contributed by atoms with Gasteiger partial charge in [-0.15, -0.1) is 0 Å². The van der Waals surface area contributed by atoms with Gasteiger partial charge in [0.25, 0.3) is 0 Å². The first kappa shape index (κ1) is 47.7. The molecule has 3 atom stereocenters. The van der Waals surface area contributed by atoms with Gasteiger partial charge in [0.2, 0.25) is 5.91 Å². The molecule has 9 heteroatoms. The summed E-state index contributed by atoms with van der Waals surface area (Å²) in [5.41, 5.74) is 0. The molecule has 0 aliphatic heterocycles. The Kier molecular flexibility index (Phi) is 31.8. The number of phosphoric acid groups is 1. The third-order valence-corrected chi connectivity index (χ3v) is 9.59. The van der Waals surface area contributed by atoms with Gasteiger partial charge in [-0.3, -0.25) is 13.8 Å². The van der Waals surface area contributed by atoms with Crippen LogP contribution in [-0.4, -0.2) is 73.4 Å². The maximum Gasteiger partial charge on any atom is 0.472 e. The van der Waals surface area contributed by atoms with E-state index in [2.05, 4.69) is 43.5 Å². The Labute approximate surface area is 302 Å². The fourth-order valence-electron chi connectivity index (χ4n) is 5.36. The first-order valence-electron chi connectivity index (χ1n) is 19.9. The summed E-state index contributed by atoms with van der Waals surface area (Å²) in [7, 11) is 1.56. The number of likely N-dealkylation sites (N-methyl/N-ethyl adjacent to an activating group) is 1. The molecule has 0 saturated heterocycles. The fraction of sp³-hybridized carbons (Fsp3) is 0.825. The summed E-state index contributed by atoms with van der Waals surface area (Å²) < 4.78 is 23.4. The second-order valence-corrected chi connectivity index (χ2v) is 16.1. The second kappa shape index (κ2) is 32.6. The van der Waals surface area contributed by atoms with Gasteiger partial charge in [-0.1, -0.05) is 140 Å². The van der Waals surface area contributed by atoms with Gasteiger partial charge in [0.1, 0.15) is 13.2 Å². The van der Waals surface area contributed by atoms with Crippen molar-refractivity contribution in [3.05, 3.63) is 36.5 Å². The van der Waals surface area contributed by atoms with Gasteiger partial charge in [0.15, 0.2) is 0 Å². The average molecular weight is 714 g/mol. The third-order valence-electron chi connectivity index (χ3n) is 8.60. The minimum atomic E-state index is -4.33. The van der Waals surface area contributed by atoms with Crippen LogP contribution >= 0.6 is 7.82 Å². The van der Waals surface area contributed by atoms with E-state index in [1.165, 1.54) is 77.0 Å². The molecule has 0 aromatic carbocycles. The quantitative estimate of drug-likeness (QED) is 0.0261. The van der Waals surface area contributed by atoms with Crippen LogP contribution < -0.4 is 5.32 Å². The Hall–Kier alpha value is -1.28. The molecule has 288 valence electrons. The number of allylic oxidation sites excluding steroid dienone is 5. The molecule has 0 aromatic rings. The number of amides is 1. The van der Waals surface area contributed by atoms with E-state index in [-0.39, 0.29) is 19.1 Å². The highest BCUT2D eigenvalue weighted by Crippen LogP contribution is 2.43. The third kappa shape index (κ3) is 34.9. The number of rotatable bonds is 35. The first-order valence-corrected chi connectivity index (χ1v) is 21.4. The molecule has 0 heterocycles. The topological polar surface area (TPSA) is 105 Å². The predicted molar refractivity (Wildman–Crippen MR) is 208 cm³/mol. The van der Waals surface area contributed by atoms with Crippen LogP contribution in [0.3, 0.4) is 0 Å². The van der Waals surface area contributed by atoms with Crippen LogP contribution in [-0.2, 0) is 18.4 Å². The van der Waals surface area contributed by atoms with E-state index in [1.807, 2.05) is 27.2 Å². The van der Waals surface area contributed by atoms with Crippen molar-refractivity contribution >= 4 is 13.7 Å². The van der Waals surface area contributed by atoms with E-state index in [1.54, 1.807) is 6.08 Å². The number of hydrogen-bond donors (Lipinski definition) is 3. The minimum Gasteiger partial charge on any atom is -0.387 e. The number of nitrogens with one attached hydrogen (secondary N) is 1. The Balaban J connectivity index is 4.54. The Morgan fingerprint density at radius 1 is 0.694 bits per heavy atom. The molecule has 3 N–H and O–H groups in total. The minimum absolute atomic E-state index is 0.0580. The lowest BCUT2D eigenvalue weighted by Crippen LogP contribution is -2.45. The zero-order valence-electron chi connectivity index (χ0n) is 32.4. The van der Waals surface area contributed by atoms with Crippen molar-refractivity contribution in [2.75, 3.05) is 40.9 Å². The first-order chi connectivity index (χ1) is 23.5. The van der Waals surface area contributed by atoms with Gasteiger partial charge in [-0.2, -0.15) is 0 Å². The molecule has 0 saturated carbocycles. The molecule has 0 fully saturated rings. The molecule has 0 radical (unpaired) electrons. The van der Waals surface area contributed by atoms with Gasteiger partial charge in [0.05, 0.1) is 39.9 Å². The highest BCUT2D eigenvalue weighted by Gasteiger charge is 2.27. The number of hydrogen-bond acceptors (Lipinski definition) is 5. The summed E-state index contributed by atoms with van der Waals surface area (Å²) in [5.74, 6) is -0.194. The fourth-order valence-corrected chi connectivity index (χ4v) is 6.10. The number of aliphatic hydroxyl groups excluding tert-OH is 1. The molecular formula is C40H78N2O6P+.